The molecule has 0 radical (unpaired) electrons. The van der Waals surface area contributed by atoms with Gasteiger partial charge in [0, 0.05) is 12.8 Å². The summed E-state index contributed by atoms with van der Waals surface area (Å²) in [6.07, 6.45) is 46.6. The highest BCUT2D eigenvalue weighted by Crippen LogP contribution is 2.16. The number of unbranched alkanes of at least 4 members (excludes halogenated alkanes) is 29. The van der Waals surface area contributed by atoms with Crippen LogP contribution in [0.4, 0.5) is 0 Å². The number of carbonyl (C=O) groups excluding carboxylic acids is 1. The molecule has 0 spiro atoms. The van der Waals surface area contributed by atoms with E-state index >= 15 is 0 Å². The normalized spacial score (nSPS) is 11.5. The van der Waals surface area contributed by atoms with E-state index in [0.717, 1.165) is 32.1 Å². The van der Waals surface area contributed by atoms with E-state index < -0.39 is 5.97 Å². The van der Waals surface area contributed by atoms with E-state index in [-0.39, 0.29) is 5.97 Å². The smallest absolute Gasteiger partial charge is 0.305 e. The Morgan fingerprint density at radius 2 is 0.750 bits per heavy atom. The first-order valence-electron chi connectivity index (χ1n) is 19.7. The molecular weight excluding hydrogens is 544 g/mol. The monoisotopic (exact) mass is 621 g/mol. The molecule has 0 bridgehead atoms. The van der Waals surface area contributed by atoms with Crippen molar-refractivity contribution in [2.45, 2.75) is 225 Å². The zero-order chi connectivity index (χ0) is 32.0. The zero-order valence-electron chi connectivity index (χ0n) is 29.6. The fourth-order valence-corrected chi connectivity index (χ4v) is 5.98. The largest absolute Gasteiger partial charge is 0.481 e. The number of aliphatic carboxylic acids is 1. The summed E-state index contributed by atoms with van der Waals surface area (Å²) in [4.78, 5) is 22.4. The Balaban J connectivity index is 3.16. The van der Waals surface area contributed by atoms with E-state index in [1.807, 2.05) is 0 Å². The van der Waals surface area contributed by atoms with Crippen LogP contribution in [0.15, 0.2) is 12.2 Å². The molecule has 0 aliphatic heterocycles. The molecule has 0 aromatic rings. The molecule has 4 heteroatoms. The summed E-state index contributed by atoms with van der Waals surface area (Å²) in [5.74, 6) is -0.653. The van der Waals surface area contributed by atoms with Crippen LogP contribution in [-0.2, 0) is 14.3 Å². The quantitative estimate of drug-likeness (QED) is 0.0426. The molecule has 0 saturated heterocycles. The van der Waals surface area contributed by atoms with Crippen LogP contribution in [-0.4, -0.2) is 23.7 Å². The van der Waals surface area contributed by atoms with Crippen LogP contribution in [0.1, 0.15) is 225 Å². The van der Waals surface area contributed by atoms with Gasteiger partial charge in [-0.05, 0) is 44.9 Å². The van der Waals surface area contributed by atoms with E-state index in [0.29, 0.717) is 19.4 Å². The van der Waals surface area contributed by atoms with Crippen LogP contribution in [0.3, 0.4) is 0 Å². The minimum Gasteiger partial charge on any atom is -0.481 e. The van der Waals surface area contributed by atoms with Crippen LogP contribution in [0.2, 0.25) is 0 Å². The number of hydrogen-bond acceptors (Lipinski definition) is 3. The Morgan fingerprint density at radius 1 is 0.432 bits per heavy atom. The molecule has 0 saturated carbocycles. The fourth-order valence-electron chi connectivity index (χ4n) is 5.98. The Labute approximate surface area is 275 Å². The van der Waals surface area contributed by atoms with Crippen LogP contribution in [0, 0.1) is 0 Å². The van der Waals surface area contributed by atoms with Crippen molar-refractivity contribution in [1.82, 2.24) is 0 Å². The third-order valence-electron chi connectivity index (χ3n) is 8.94. The summed E-state index contributed by atoms with van der Waals surface area (Å²) in [5, 5.41) is 8.64. The predicted octanol–water partition coefficient (Wildman–Crippen LogP) is 13.5. The Morgan fingerprint density at radius 3 is 1.14 bits per heavy atom. The Bertz CT molecular complexity index is 614. The molecule has 44 heavy (non-hydrogen) atoms. The number of carboxylic acids is 1. The van der Waals surface area contributed by atoms with E-state index in [2.05, 4.69) is 19.1 Å². The highest BCUT2D eigenvalue weighted by Gasteiger charge is 2.03. The van der Waals surface area contributed by atoms with Crippen molar-refractivity contribution in [1.29, 1.82) is 0 Å². The molecule has 0 heterocycles. The van der Waals surface area contributed by atoms with Gasteiger partial charge >= 0.3 is 11.9 Å². The van der Waals surface area contributed by atoms with Gasteiger partial charge in [0.15, 0.2) is 0 Å². The summed E-state index contributed by atoms with van der Waals surface area (Å²) < 4.78 is 5.44. The molecular formula is C40H76O4. The predicted molar refractivity (Wildman–Crippen MR) is 190 cm³/mol. The van der Waals surface area contributed by atoms with E-state index in [4.69, 9.17) is 9.84 Å². The molecule has 0 aliphatic carbocycles. The van der Waals surface area contributed by atoms with E-state index in [1.165, 1.54) is 173 Å². The van der Waals surface area contributed by atoms with E-state index in [1.54, 1.807) is 0 Å². The molecule has 0 aromatic heterocycles. The lowest BCUT2D eigenvalue weighted by molar-refractivity contribution is -0.144. The van der Waals surface area contributed by atoms with Crippen LogP contribution in [0.5, 0.6) is 0 Å². The minimum atomic E-state index is -0.658. The van der Waals surface area contributed by atoms with Gasteiger partial charge in [0.25, 0.3) is 0 Å². The molecule has 0 atom stereocenters. The van der Waals surface area contributed by atoms with Gasteiger partial charge < -0.3 is 9.84 Å². The molecule has 260 valence electrons. The first-order chi connectivity index (χ1) is 21.7. The van der Waals surface area contributed by atoms with Crippen LogP contribution >= 0.6 is 0 Å². The lowest BCUT2D eigenvalue weighted by Gasteiger charge is -2.06. The van der Waals surface area contributed by atoms with Crippen molar-refractivity contribution in [3.63, 3.8) is 0 Å². The van der Waals surface area contributed by atoms with Crippen molar-refractivity contribution in [2.75, 3.05) is 6.61 Å². The highest BCUT2D eigenvalue weighted by atomic mass is 16.5. The average Bonchev–Trinajstić information content (AvgIpc) is 3.01. The zero-order valence-corrected chi connectivity index (χ0v) is 29.6. The number of carboxylic acid groups (broad SMARTS) is 1. The molecule has 1 N–H and O–H groups in total. The summed E-state index contributed by atoms with van der Waals surface area (Å²) in [5.41, 5.74) is 0. The number of esters is 1. The molecule has 0 rings (SSSR count). The van der Waals surface area contributed by atoms with Crippen molar-refractivity contribution < 1.29 is 19.4 Å². The van der Waals surface area contributed by atoms with Crippen molar-refractivity contribution >= 4 is 11.9 Å². The third kappa shape index (κ3) is 38.7. The molecule has 0 amide bonds. The molecule has 0 unspecified atom stereocenters. The maximum atomic E-state index is 11.9. The van der Waals surface area contributed by atoms with Crippen molar-refractivity contribution in [3.8, 4) is 0 Å². The second-order valence-corrected chi connectivity index (χ2v) is 13.4. The number of allylic oxidation sites excluding steroid dienone is 2. The van der Waals surface area contributed by atoms with Gasteiger partial charge in [-0.3, -0.25) is 9.59 Å². The van der Waals surface area contributed by atoms with Gasteiger partial charge in [0.1, 0.15) is 0 Å². The van der Waals surface area contributed by atoms with Crippen LogP contribution in [0.25, 0.3) is 0 Å². The lowest BCUT2D eigenvalue weighted by atomic mass is 10.0. The van der Waals surface area contributed by atoms with Gasteiger partial charge in [-0.1, -0.05) is 180 Å². The summed E-state index contributed by atoms with van der Waals surface area (Å²) in [6.45, 7) is 2.87. The van der Waals surface area contributed by atoms with Gasteiger partial charge in [-0.15, -0.1) is 0 Å². The summed E-state index contributed by atoms with van der Waals surface area (Å²) >= 11 is 0. The standard InChI is InChI=1S/C40H76O4/c1-2-3-4-5-6-7-8-18-22-25-28-31-34-37-40(43)44-38-35-32-29-26-23-20-17-15-13-11-9-10-12-14-16-19-21-24-27-30-33-36-39(41)42/h7-8H,2-6,9-38H2,1H3,(H,41,42)/b8-7-. The van der Waals surface area contributed by atoms with Crippen molar-refractivity contribution in [2.24, 2.45) is 0 Å². The summed E-state index contributed by atoms with van der Waals surface area (Å²) in [6, 6.07) is 0. The maximum Gasteiger partial charge on any atom is 0.305 e. The van der Waals surface area contributed by atoms with Gasteiger partial charge in [0.05, 0.1) is 6.61 Å². The maximum absolute atomic E-state index is 11.9. The van der Waals surface area contributed by atoms with E-state index in [9.17, 15) is 9.59 Å². The lowest BCUT2D eigenvalue weighted by Crippen LogP contribution is -2.05. The summed E-state index contributed by atoms with van der Waals surface area (Å²) in [7, 11) is 0. The number of hydrogen-bond donors (Lipinski definition) is 1. The van der Waals surface area contributed by atoms with Crippen molar-refractivity contribution in [3.05, 3.63) is 12.2 Å². The molecule has 0 fully saturated rings. The first-order valence-corrected chi connectivity index (χ1v) is 19.7. The molecule has 0 aromatic carbocycles. The first kappa shape index (κ1) is 42.7. The number of ether oxygens (including phenoxy) is 1. The third-order valence-corrected chi connectivity index (χ3v) is 8.94. The fraction of sp³-hybridized carbons (Fsp3) is 0.900. The number of rotatable bonds is 37. The number of carbonyl (C=O) groups is 2. The second kappa shape index (κ2) is 37.9. The van der Waals surface area contributed by atoms with Gasteiger partial charge in [0.2, 0.25) is 0 Å². The topological polar surface area (TPSA) is 63.6 Å². The SMILES string of the molecule is CCCCCC/C=C\CCCCCCCC(=O)OCCCCCCCCCCCCCCCCCCCCCCCC(=O)O. The van der Waals surface area contributed by atoms with Crippen LogP contribution < -0.4 is 0 Å². The molecule has 0 aliphatic rings. The van der Waals surface area contributed by atoms with Gasteiger partial charge in [-0.2, -0.15) is 0 Å². The molecule has 4 nitrogen and oxygen atoms in total. The second-order valence-electron chi connectivity index (χ2n) is 13.4. The Kier molecular flexibility index (Phi) is 36.7. The van der Waals surface area contributed by atoms with Gasteiger partial charge in [-0.25, -0.2) is 0 Å². The highest BCUT2D eigenvalue weighted by molar-refractivity contribution is 5.69. The Hall–Kier alpha value is -1.32. The average molecular weight is 621 g/mol. The minimum absolute atomic E-state index is 0.00529.